The third-order valence-electron chi connectivity index (χ3n) is 9.15. The van der Waals surface area contributed by atoms with Gasteiger partial charge in [0, 0.05) is 37.4 Å². The van der Waals surface area contributed by atoms with E-state index in [1.54, 1.807) is 12.1 Å². The van der Waals surface area contributed by atoms with E-state index in [0.29, 0.717) is 48.8 Å². The Bertz CT molecular complexity index is 1240. The number of carbonyl (C=O) groups is 2. The first-order valence-electron chi connectivity index (χ1n) is 13.6. The molecule has 4 bridgehead atoms. The number of aliphatic hydroxyl groups is 1. The zero-order chi connectivity index (χ0) is 26.6. The molecule has 0 spiro atoms. The van der Waals surface area contributed by atoms with Gasteiger partial charge in [-0.1, -0.05) is 6.07 Å². The molecule has 1 amide bonds. The number of esters is 1. The van der Waals surface area contributed by atoms with Gasteiger partial charge in [-0.15, -0.1) is 0 Å². The predicted molar refractivity (Wildman–Crippen MR) is 141 cm³/mol. The minimum Gasteiger partial charge on any atom is -0.465 e. The Morgan fingerprint density at radius 3 is 2.55 bits per heavy atom. The van der Waals surface area contributed by atoms with Gasteiger partial charge in [-0.2, -0.15) is 0 Å². The molecule has 2 N–H and O–H groups in total. The highest BCUT2D eigenvalue weighted by Crippen LogP contribution is 2.55. The number of carbonyl (C=O) groups excluding carboxylic acids is 2. The van der Waals surface area contributed by atoms with E-state index in [4.69, 9.17) is 4.98 Å². The summed E-state index contributed by atoms with van der Waals surface area (Å²) in [5.74, 6) is 0.590. The molecule has 1 aromatic carbocycles. The number of nitrogens with zero attached hydrogens (tertiary/aromatic N) is 3. The van der Waals surface area contributed by atoms with E-state index in [9.17, 15) is 19.1 Å². The first-order chi connectivity index (χ1) is 18.2. The Kier molecular flexibility index (Phi) is 6.29. The molecule has 2 heterocycles. The Balaban J connectivity index is 1.11. The number of benzene rings is 1. The number of methoxy groups -OCH3 is 1. The Hall–Kier alpha value is -3.20. The zero-order valence-electron chi connectivity index (χ0n) is 21.9. The molecule has 4 saturated carbocycles. The smallest absolute Gasteiger partial charge is 0.340 e. The number of ether oxygens (including phenoxy) is 1. The lowest BCUT2D eigenvalue weighted by molar-refractivity contribution is -0.136. The molecule has 4 aliphatic carbocycles. The summed E-state index contributed by atoms with van der Waals surface area (Å²) in [6, 6.07) is 10.3. The normalized spacial score (nSPS) is 31.8. The number of nitrogens with one attached hydrogen (secondary N) is 1. The quantitative estimate of drug-likeness (QED) is 0.582. The van der Waals surface area contributed by atoms with Crippen LogP contribution in [-0.2, 0) is 4.74 Å². The first kappa shape index (κ1) is 25.1. The first-order valence-corrected chi connectivity index (χ1v) is 13.6. The van der Waals surface area contributed by atoms with Crippen LogP contribution in [0, 0.1) is 23.6 Å². The van der Waals surface area contributed by atoms with E-state index in [1.807, 2.05) is 12.1 Å². The number of anilines is 2. The fourth-order valence-electron chi connectivity index (χ4n) is 7.66. The third kappa shape index (κ3) is 4.51. The summed E-state index contributed by atoms with van der Waals surface area (Å²) in [6.07, 6.45) is 4.68. The molecular formula is C29H35FN4O4. The predicted octanol–water partition coefficient (Wildman–Crippen LogP) is 3.39. The van der Waals surface area contributed by atoms with E-state index < -0.39 is 17.4 Å². The number of amides is 1. The fourth-order valence-corrected chi connectivity index (χ4v) is 7.66. The van der Waals surface area contributed by atoms with Gasteiger partial charge in [0.2, 0.25) is 0 Å². The highest BCUT2D eigenvalue weighted by atomic mass is 19.1. The molecule has 1 aromatic heterocycles. The van der Waals surface area contributed by atoms with E-state index >= 15 is 0 Å². The fraction of sp³-hybridized carbons (Fsp3) is 0.552. The number of aromatic nitrogens is 1. The van der Waals surface area contributed by atoms with Gasteiger partial charge in [-0.05, 0) is 87.1 Å². The van der Waals surface area contributed by atoms with E-state index in [0.717, 1.165) is 37.9 Å². The maximum atomic E-state index is 14.5. The number of hydrogen-bond acceptors (Lipinski definition) is 7. The van der Waals surface area contributed by atoms with Gasteiger partial charge in [0.1, 0.15) is 17.3 Å². The van der Waals surface area contributed by atoms with Gasteiger partial charge >= 0.3 is 5.97 Å². The molecule has 38 heavy (non-hydrogen) atoms. The molecule has 5 aliphatic rings. The van der Waals surface area contributed by atoms with Crippen LogP contribution < -0.4 is 15.1 Å². The topological polar surface area (TPSA) is 95.0 Å². The summed E-state index contributed by atoms with van der Waals surface area (Å²) in [6.45, 7) is 4.03. The van der Waals surface area contributed by atoms with Gasteiger partial charge in [0.25, 0.3) is 5.91 Å². The maximum Gasteiger partial charge on any atom is 0.340 e. The number of pyridine rings is 1. The van der Waals surface area contributed by atoms with Gasteiger partial charge in [-0.3, -0.25) is 4.79 Å². The van der Waals surface area contributed by atoms with Crippen molar-refractivity contribution in [2.75, 3.05) is 36.5 Å². The lowest BCUT2D eigenvalue weighted by Crippen LogP contribution is -2.61. The van der Waals surface area contributed by atoms with Crippen molar-refractivity contribution >= 4 is 23.4 Å². The summed E-state index contributed by atoms with van der Waals surface area (Å²) in [7, 11) is 1.23. The molecule has 2 unspecified atom stereocenters. The summed E-state index contributed by atoms with van der Waals surface area (Å²) >= 11 is 0. The van der Waals surface area contributed by atoms with E-state index in [-0.39, 0.29) is 23.6 Å². The van der Waals surface area contributed by atoms with Gasteiger partial charge in [0.15, 0.2) is 0 Å². The number of rotatable bonds is 5. The molecule has 8 nitrogen and oxygen atoms in total. The average molecular weight is 523 g/mol. The lowest BCUT2D eigenvalue weighted by atomic mass is 9.52. The summed E-state index contributed by atoms with van der Waals surface area (Å²) in [5, 5.41) is 14.1. The zero-order valence-corrected chi connectivity index (χ0v) is 21.9. The van der Waals surface area contributed by atoms with Crippen LogP contribution in [0.15, 0.2) is 36.4 Å². The highest BCUT2D eigenvalue weighted by Gasteiger charge is 2.55. The van der Waals surface area contributed by atoms with E-state index in [2.05, 4.69) is 26.8 Å². The minimum absolute atomic E-state index is 0.0723. The summed E-state index contributed by atoms with van der Waals surface area (Å²) < 4.78 is 19.1. The van der Waals surface area contributed by atoms with Crippen molar-refractivity contribution in [2.45, 2.75) is 56.7 Å². The second-order valence-electron chi connectivity index (χ2n) is 11.7. The molecule has 0 radical (unpaired) electrons. The highest BCUT2D eigenvalue weighted by molar-refractivity contribution is 5.93. The van der Waals surface area contributed by atoms with Crippen molar-refractivity contribution in [1.82, 2.24) is 10.3 Å². The minimum atomic E-state index is -0.692. The second kappa shape index (κ2) is 9.52. The van der Waals surface area contributed by atoms with Gasteiger partial charge in [0.05, 0.1) is 18.3 Å². The lowest BCUT2D eigenvalue weighted by Gasteiger charge is -2.58. The van der Waals surface area contributed by atoms with Crippen molar-refractivity contribution in [3.63, 3.8) is 0 Å². The van der Waals surface area contributed by atoms with Gasteiger partial charge < -0.3 is 25.0 Å². The Labute approximate surface area is 222 Å². The molecule has 202 valence electrons. The molecule has 1 saturated heterocycles. The second-order valence-corrected chi connectivity index (χ2v) is 11.7. The van der Waals surface area contributed by atoms with Gasteiger partial charge in [-0.25, -0.2) is 14.2 Å². The van der Waals surface area contributed by atoms with Crippen molar-refractivity contribution < 1.29 is 23.8 Å². The van der Waals surface area contributed by atoms with E-state index in [1.165, 1.54) is 19.2 Å². The summed E-state index contributed by atoms with van der Waals surface area (Å²) in [5.41, 5.74) is 0.517. The Morgan fingerprint density at radius 1 is 1.13 bits per heavy atom. The van der Waals surface area contributed by atoms with Crippen LogP contribution in [0.25, 0.3) is 0 Å². The monoisotopic (exact) mass is 522 g/mol. The molecule has 1 aliphatic heterocycles. The number of hydrogen-bond donors (Lipinski definition) is 2. The maximum absolute atomic E-state index is 14.5. The van der Waals surface area contributed by atoms with Crippen LogP contribution in [0.2, 0.25) is 0 Å². The molecular weight excluding hydrogens is 487 g/mol. The van der Waals surface area contributed by atoms with Crippen LogP contribution in [-0.4, -0.2) is 66.4 Å². The van der Waals surface area contributed by atoms with Crippen molar-refractivity contribution in [2.24, 2.45) is 17.8 Å². The van der Waals surface area contributed by atoms with Crippen molar-refractivity contribution in [1.29, 1.82) is 0 Å². The molecule has 5 fully saturated rings. The van der Waals surface area contributed by atoms with Crippen LogP contribution in [0.3, 0.4) is 0 Å². The van der Waals surface area contributed by atoms with Crippen LogP contribution in [0.4, 0.5) is 15.9 Å². The molecule has 9 heteroatoms. The molecule has 2 aromatic rings. The van der Waals surface area contributed by atoms with Crippen molar-refractivity contribution in [3.05, 3.63) is 53.5 Å². The molecule has 7 rings (SSSR count). The van der Waals surface area contributed by atoms with Crippen molar-refractivity contribution in [3.8, 4) is 0 Å². The standard InChI is InChI=1S/C29H35FN4O4/c1-17-16-33(21-6-7-22(23(30)12-21)28(36)38-2)8-9-34(17)25-5-3-4-24(31-25)27(35)32-26-19-10-18-11-20(26)15-29(37,13-18)14-19/h3-7,12,17-20,26,37H,8-11,13-16H2,1-2H3,(H,32,35)/t17-,18?,19?,20?,26?,29?/m1/s1. The Morgan fingerprint density at radius 2 is 1.89 bits per heavy atom. The summed E-state index contributed by atoms with van der Waals surface area (Å²) in [4.78, 5) is 34.0. The SMILES string of the molecule is COC(=O)c1ccc(N2CCN(c3cccc(C(=O)NC4C5CC6CC4CC(O)(C6)C5)n3)[C@H](C)C2)cc1F. The number of piperazine rings is 1. The molecule has 3 atom stereocenters. The number of halogens is 1. The van der Waals surface area contributed by atoms with Crippen LogP contribution in [0.1, 0.15) is 59.9 Å². The van der Waals surface area contributed by atoms with Crippen LogP contribution >= 0.6 is 0 Å². The average Bonchev–Trinajstić information content (AvgIpc) is 2.89. The van der Waals surface area contributed by atoms with Crippen LogP contribution in [0.5, 0.6) is 0 Å². The third-order valence-corrected chi connectivity index (χ3v) is 9.15. The largest absolute Gasteiger partial charge is 0.465 e.